The maximum absolute atomic E-state index is 13.5. The molecule has 0 atom stereocenters. The highest BCUT2D eigenvalue weighted by molar-refractivity contribution is 7.98. The third kappa shape index (κ3) is 3.51. The molecule has 2 aromatic carbocycles. The van der Waals surface area contributed by atoms with Crippen LogP contribution < -0.4 is 4.74 Å². The van der Waals surface area contributed by atoms with Gasteiger partial charge in [0.05, 0.1) is 12.7 Å². The highest BCUT2D eigenvalue weighted by atomic mass is 32.2. The van der Waals surface area contributed by atoms with Gasteiger partial charge in [-0.05, 0) is 35.9 Å². The van der Waals surface area contributed by atoms with Gasteiger partial charge in [-0.15, -0.1) is 11.8 Å². The summed E-state index contributed by atoms with van der Waals surface area (Å²) in [6.45, 7) is 0. The third-order valence-corrected chi connectivity index (χ3v) is 3.77. The average Bonchev–Trinajstić information content (AvgIpc) is 2.45. The van der Waals surface area contributed by atoms with E-state index in [0.29, 0.717) is 5.75 Å². The highest BCUT2D eigenvalue weighted by Gasteiger charge is 2.06. The lowest BCUT2D eigenvalue weighted by Crippen LogP contribution is -1.95. The summed E-state index contributed by atoms with van der Waals surface area (Å²) in [7, 11) is 1.42. The lowest BCUT2D eigenvalue weighted by Gasteiger charge is -2.06. The summed E-state index contributed by atoms with van der Waals surface area (Å²) < 4.78 is 18.4. The fraction of sp³-hybridized carbons (Fsp3) is 0.133. The van der Waals surface area contributed by atoms with Crippen LogP contribution in [0.3, 0.4) is 0 Å². The number of aromatic carboxylic acids is 1. The van der Waals surface area contributed by atoms with E-state index in [9.17, 15) is 9.18 Å². The van der Waals surface area contributed by atoms with Crippen molar-refractivity contribution >= 4 is 17.7 Å². The molecule has 0 spiro atoms. The summed E-state index contributed by atoms with van der Waals surface area (Å²) in [4.78, 5) is 11.7. The van der Waals surface area contributed by atoms with E-state index in [4.69, 9.17) is 9.84 Å². The van der Waals surface area contributed by atoms with Crippen LogP contribution in [0.15, 0.2) is 47.4 Å². The van der Waals surface area contributed by atoms with E-state index in [-0.39, 0.29) is 11.3 Å². The Bertz CT molecular complexity index is 628. The molecule has 1 N–H and O–H groups in total. The molecular formula is C15H13FO3S. The number of rotatable bonds is 5. The Labute approximate surface area is 120 Å². The lowest BCUT2D eigenvalue weighted by atomic mass is 10.2. The van der Waals surface area contributed by atoms with E-state index < -0.39 is 11.8 Å². The molecule has 0 aliphatic rings. The molecule has 2 rings (SSSR count). The van der Waals surface area contributed by atoms with Crippen molar-refractivity contribution in [2.75, 3.05) is 7.11 Å². The largest absolute Gasteiger partial charge is 0.494 e. The van der Waals surface area contributed by atoms with Gasteiger partial charge in [-0.1, -0.05) is 12.1 Å². The number of benzene rings is 2. The van der Waals surface area contributed by atoms with Gasteiger partial charge in [-0.3, -0.25) is 0 Å². The van der Waals surface area contributed by atoms with Gasteiger partial charge in [0.25, 0.3) is 0 Å². The van der Waals surface area contributed by atoms with Crippen LogP contribution in [0.5, 0.6) is 5.75 Å². The van der Waals surface area contributed by atoms with Crippen LogP contribution in [-0.4, -0.2) is 18.2 Å². The van der Waals surface area contributed by atoms with E-state index in [1.165, 1.54) is 24.9 Å². The maximum atomic E-state index is 13.5. The molecule has 2 aromatic rings. The summed E-state index contributed by atoms with van der Waals surface area (Å²) in [6, 6.07) is 11.5. The first-order valence-corrected chi connectivity index (χ1v) is 6.87. The monoisotopic (exact) mass is 292 g/mol. The molecule has 0 fully saturated rings. The molecule has 0 aromatic heterocycles. The van der Waals surface area contributed by atoms with Crippen molar-refractivity contribution in [3.8, 4) is 5.75 Å². The van der Waals surface area contributed by atoms with E-state index in [1.807, 2.05) is 6.07 Å². The van der Waals surface area contributed by atoms with Crippen molar-refractivity contribution in [1.29, 1.82) is 0 Å². The first-order chi connectivity index (χ1) is 9.60. The first-order valence-electron chi connectivity index (χ1n) is 5.88. The van der Waals surface area contributed by atoms with E-state index in [1.54, 1.807) is 30.3 Å². The number of carboxylic acid groups (broad SMARTS) is 1. The number of methoxy groups -OCH3 is 1. The fourth-order valence-electron chi connectivity index (χ4n) is 1.69. The molecule has 0 heterocycles. The molecule has 20 heavy (non-hydrogen) atoms. The topological polar surface area (TPSA) is 46.5 Å². The van der Waals surface area contributed by atoms with Gasteiger partial charge in [0.15, 0.2) is 11.6 Å². The van der Waals surface area contributed by atoms with Crippen LogP contribution in [0, 0.1) is 5.82 Å². The first kappa shape index (κ1) is 14.4. The maximum Gasteiger partial charge on any atom is 0.335 e. The van der Waals surface area contributed by atoms with Crippen LogP contribution in [-0.2, 0) is 5.75 Å². The van der Waals surface area contributed by atoms with Crippen LogP contribution in [0.4, 0.5) is 4.39 Å². The third-order valence-electron chi connectivity index (χ3n) is 2.70. The number of halogens is 1. The number of carbonyl (C=O) groups is 1. The van der Waals surface area contributed by atoms with Crippen LogP contribution in [0.1, 0.15) is 15.9 Å². The van der Waals surface area contributed by atoms with Crippen molar-refractivity contribution < 1.29 is 19.0 Å². The molecule has 0 unspecified atom stereocenters. The minimum atomic E-state index is -0.956. The molecule has 0 bridgehead atoms. The normalized spacial score (nSPS) is 10.3. The van der Waals surface area contributed by atoms with Crippen molar-refractivity contribution in [3.05, 3.63) is 59.4 Å². The molecule has 104 valence electrons. The number of hydrogen-bond acceptors (Lipinski definition) is 3. The number of ether oxygens (including phenoxy) is 1. The van der Waals surface area contributed by atoms with Gasteiger partial charge in [0.1, 0.15) is 0 Å². The Morgan fingerprint density at radius 3 is 2.75 bits per heavy atom. The zero-order valence-electron chi connectivity index (χ0n) is 10.8. The predicted molar refractivity (Wildman–Crippen MR) is 75.9 cm³/mol. The minimum absolute atomic E-state index is 0.214. The zero-order chi connectivity index (χ0) is 14.5. The van der Waals surface area contributed by atoms with E-state index >= 15 is 0 Å². The predicted octanol–water partition coefficient (Wildman–Crippen LogP) is 3.82. The second-order valence-corrected chi connectivity index (χ2v) is 5.14. The van der Waals surface area contributed by atoms with Gasteiger partial charge in [0, 0.05) is 10.6 Å². The molecule has 0 amide bonds. The Morgan fingerprint density at radius 2 is 2.10 bits per heavy atom. The smallest absolute Gasteiger partial charge is 0.335 e. The van der Waals surface area contributed by atoms with Gasteiger partial charge in [0.2, 0.25) is 0 Å². The molecule has 0 radical (unpaired) electrons. The summed E-state index contributed by atoms with van der Waals surface area (Å²) in [5, 5.41) is 8.92. The Hall–Kier alpha value is -2.01. The van der Waals surface area contributed by atoms with Gasteiger partial charge in [-0.25, -0.2) is 9.18 Å². The quantitative estimate of drug-likeness (QED) is 0.851. The fourth-order valence-corrected chi connectivity index (χ4v) is 2.58. The number of thioether (sulfide) groups is 1. The molecule has 0 aliphatic carbocycles. The number of carboxylic acids is 1. The van der Waals surface area contributed by atoms with Crippen LogP contribution >= 0.6 is 11.8 Å². The zero-order valence-corrected chi connectivity index (χ0v) is 11.6. The number of hydrogen-bond donors (Lipinski definition) is 1. The summed E-state index contributed by atoms with van der Waals surface area (Å²) in [6.07, 6.45) is 0. The minimum Gasteiger partial charge on any atom is -0.494 e. The summed E-state index contributed by atoms with van der Waals surface area (Å²) in [5.41, 5.74) is 1.06. The molecule has 0 aliphatic heterocycles. The summed E-state index contributed by atoms with van der Waals surface area (Å²) >= 11 is 1.46. The second-order valence-electron chi connectivity index (χ2n) is 4.09. The Balaban J connectivity index is 2.07. The lowest BCUT2D eigenvalue weighted by molar-refractivity contribution is 0.0696. The van der Waals surface area contributed by atoms with Crippen molar-refractivity contribution in [1.82, 2.24) is 0 Å². The summed E-state index contributed by atoms with van der Waals surface area (Å²) in [5.74, 6) is -0.580. The Morgan fingerprint density at radius 1 is 1.30 bits per heavy atom. The molecule has 0 saturated carbocycles. The van der Waals surface area contributed by atoms with Crippen LogP contribution in [0.25, 0.3) is 0 Å². The van der Waals surface area contributed by atoms with Crippen molar-refractivity contribution in [3.63, 3.8) is 0 Å². The van der Waals surface area contributed by atoms with Gasteiger partial charge in [-0.2, -0.15) is 0 Å². The van der Waals surface area contributed by atoms with Gasteiger partial charge < -0.3 is 9.84 Å². The van der Waals surface area contributed by atoms with E-state index in [0.717, 1.165) is 10.5 Å². The highest BCUT2D eigenvalue weighted by Crippen LogP contribution is 2.26. The standard InChI is InChI=1S/C15H13FO3S/c1-19-14-6-5-10(7-13(14)16)9-20-12-4-2-3-11(8-12)15(17)18/h2-8H,9H2,1H3,(H,17,18). The van der Waals surface area contributed by atoms with Crippen molar-refractivity contribution in [2.24, 2.45) is 0 Å². The molecule has 0 saturated heterocycles. The van der Waals surface area contributed by atoms with Crippen molar-refractivity contribution in [2.45, 2.75) is 10.6 Å². The molecule has 5 heteroatoms. The molecular weight excluding hydrogens is 279 g/mol. The van der Waals surface area contributed by atoms with E-state index in [2.05, 4.69) is 0 Å². The average molecular weight is 292 g/mol. The second kappa shape index (κ2) is 6.43. The van der Waals surface area contributed by atoms with Gasteiger partial charge >= 0.3 is 5.97 Å². The SMILES string of the molecule is COc1ccc(CSc2cccc(C(=O)O)c2)cc1F. The molecule has 3 nitrogen and oxygen atoms in total. The Kier molecular flexibility index (Phi) is 4.63. The van der Waals surface area contributed by atoms with Crippen LogP contribution in [0.2, 0.25) is 0 Å².